The van der Waals surface area contributed by atoms with Gasteiger partial charge in [-0.2, -0.15) is 21.6 Å². The third-order valence-electron chi connectivity index (χ3n) is 12.0. The number of phenolic OH excluding ortho intramolecular Hbond substituents is 1. The Balaban J connectivity index is 0.000000310. The summed E-state index contributed by atoms with van der Waals surface area (Å²) >= 11 is 0. The third kappa shape index (κ3) is 17.5. The maximum Gasteiger partial charge on any atom is 0.437 e. The summed E-state index contributed by atoms with van der Waals surface area (Å²) in [5.41, 5.74) is 4.99. The van der Waals surface area contributed by atoms with E-state index in [0.717, 1.165) is 41.7 Å². The Hall–Kier alpha value is -5.13. The molecule has 0 aliphatic rings. The van der Waals surface area contributed by atoms with E-state index in [-0.39, 0.29) is 40.4 Å². The summed E-state index contributed by atoms with van der Waals surface area (Å²) in [6, 6.07) is 35.2. The molecule has 11 heteroatoms. The van der Waals surface area contributed by atoms with Crippen LogP contribution >= 0.6 is 0 Å². The van der Waals surface area contributed by atoms with Gasteiger partial charge >= 0.3 is 16.3 Å². The molecule has 0 spiro atoms. The number of hydrogen-bond acceptors (Lipinski definition) is 7. The van der Waals surface area contributed by atoms with E-state index < -0.39 is 22.0 Å². The minimum Gasteiger partial charge on any atom is -0.508 e. The molecule has 0 amide bonds. The molecule has 1 N–H and O–H groups in total. The summed E-state index contributed by atoms with van der Waals surface area (Å²) < 4.78 is 84.5. The maximum atomic E-state index is 13.9. The van der Waals surface area contributed by atoms with Crippen molar-refractivity contribution in [1.29, 1.82) is 0 Å². The van der Waals surface area contributed by atoms with Crippen LogP contribution in [0.4, 0.5) is 13.2 Å². The van der Waals surface area contributed by atoms with E-state index in [1.807, 2.05) is 117 Å². The molecule has 0 saturated heterocycles. The van der Waals surface area contributed by atoms with Crippen molar-refractivity contribution in [2.75, 3.05) is 0 Å². The van der Waals surface area contributed by atoms with Gasteiger partial charge in [-0.15, -0.1) is 0 Å². The average molecular weight is 946 g/mol. The number of rotatable bonds is 18. The number of aromatic hydroxyl groups is 1. The van der Waals surface area contributed by atoms with Crippen molar-refractivity contribution in [1.82, 2.24) is 0 Å². The first-order valence-corrected chi connectivity index (χ1v) is 25.0. The lowest BCUT2D eigenvalue weighted by Gasteiger charge is -2.21. The largest absolute Gasteiger partial charge is 0.508 e. The lowest BCUT2D eigenvalue weighted by atomic mass is 9.89. The van der Waals surface area contributed by atoms with E-state index in [1.165, 1.54) is 23.3 Å². The van der Waals surface area contributed by atoms with E-state index in [2.05, 4.69) is 45.0 Å². The third-order valence-corrected chi connectivity index (χ3v) is 13.2. The van der Waals surface area contributed by atoms with Crippen molar-refractivity contribution in [2.45, 2.75) is 169 Å². The molecule has 4 atom stereocenters. The molecule has 0 fully saturated rings. The Kier molecular flexibility index (Phi) is 22.2. The van der Waals surface area contributed by atoms with Crippen LogP contribution in [0.15, 0.2) is 125 Å². The van der Waals surface area contributed by atoms with Gasteiger partial charge in [-0.05, 0) is 125 Å². The summed E-state index contributed by atoms with van der Waals surface area (Å²) in [6.07, 6.45) is -2.04. The van der Waals surface area contributed by atoms with Crippen LogP contribution in [0.2, 0.25) is 0 Å². The summed E-state index contributed by atoms with van der Waals surface area (Å²) in [5, 5.41) is 12.2. The van der Waals surface area contributed by atoms with Crippen molar-refractivity contribution in [2.24, 2.45) is 5.16 Å². The first-order chi connectivity index (χ1) is 31.5. The number of halogens is 3. The van der Waals surface area contributed by atoms with Crippen LogP contribution in [0.25, 0.3) is 0 Å². The number of alkyl halides is 3. The van der Waals surface area contributed by atoms with Crippen LogP contribution in [-0.4, -0.2) is 31.7 Å². The molecule has 0 radical (unpaired) electrons. The number of oxime groups is 1. The molecule has 0 aromatic heterocycles. The predicted molar refractivity (Wildman–Crippen MR) is 268 cm³/mol. The Bertz CT molecular complexity index is 2330. The topological polar surface area (TPSA) is 94.4 Å². The summed E-state index contributed by atoms with van der Waals surface area (Å²) in [5.74, 6) is 2.32. The van der Waals surface area contributed by atoms with Gasteiger partial charge in [-0.3, -0.25) is 4.28 Å². The van der Waals surface area contributed by atoms with Gasteiger partial charge in [0.15, 0.2) is 12.0 Å². The van der Waals surface area contributed by atoms with Crippen LogP contribution in [0.1, 0.15) is 189 Å². The van der Waals surface area contributed by atoms with Crippen LogP contribution in [0.3, 0.4) is 0 Å². The fourth-order valence-electron chi connectivity index (χ4n) is 6.94. The van der Waals surface area contributed by atoms with E-state index in [0.29, 0.717) is 35.3 Å². The molecule has 5 aromatic carbocycles. The summed E-state index contributed by atoms with van der Waals surface area (Å²) in [7, 11) is -4.63. The normalized spacial score (nSPS) is 13.8. The highest BCUT2D eigenvalue weighted by atomic mass is 32.2. The van der Waals surface area contributed by atoms with E-state index in [1.54, 1.807) is 36.4 Å². The second-order valence-corrected chi connectivity index (χ2v) is 19.6. The van der Waals surface area contributed by atoms with E-state index in [9.17, 15) is 21.6 Å². The van der Waals surface area contributed by atoms with Crippen LogP contribution < -0.4 is 4.74 Å². The Morgan fingerprint density at radius 3 is 1.43 bits per heavy atom. The van der Waals surface area contributed by atoms with Gasteiger partial charge in [0.25, 0.3) is 0 Å². The number of ether oxygens (including phenoxy) is 2. The minimum atomic E-state index is -4.91. The number of hydrogen-bond donors (Lipinski definition) is 1. The van der Waals surface area contributed by atoms with Crippen LogP contribution in [-0.2, 0) is 25.7 Å². The summed E-state index contributed by atoms with van der Waals surface area (Å²) in [6.45, 7) is 26.6. The Labute approximate surface area is 399 Å². The molecular weight excluding hydrogens is 872 g/mol. The highest BCUT2D eigenvalue weighted by molar-refractivity contribution is 7.86. The predicted octanol–water partition coefficient (Wildman–Crippen LogP) is 16.3. The standard InChI is InChI=1S/C27H36F3NO3S.C19H24O2.C10H14O/c1-9-19(8)20-10-12-21(13-11-20)26(27(28,29)30)31-34-35(32,33)25-23(17(4)5)14-22(16(2)3)15-24(25)18(6)7;1-4-15(2)18-10-12-19(13-11-18)21-16(3)20-14-17-8-6-5-7-9-17;1-3-8(2)9-4-6-10(11)7-5-9/h10-19H,9H2,1-8H3;5-13,15-16H,4,14H2,1-3H3;4-8,11H,3H2,1-2H3/b31-26-;;. The first kappa shape index (κ1) is 56.2. The highest BCUT2D eigenvalue weighted by Gasteiger charge is 2.39. The molecule has 0 aliphatic heterocycles. The number of benzene rings is 5. The maximum absolute atomic E-state index is 13.9. The van der Waals surface area contributed by atoms with Crippen molar-refractivity contribution in [3.05, 3.63) is 160 Å². The second-order valence-electron chi connectivity index (χ2n) is 18.2. The lowest BCUT2D eigenvalue weighted by Crippen LogP contribution is -2.25. The van der Waals surface area contributed by atoms with Gasteiger partial charge < -0.3 is 14.6 Å². The summed E-state index contributed by atoms with van der Waals surface area (Å²) in [4.78, 5) is -0.107. The molecule has 7 nitrogen and oxygen atoms in total. The first-order valence-electron chi connectivity index (χ1n) is 23.6. The van der Waals surface area contributed by atoms with Gasteiger partial charge in [-0.1, -0.05) is 179 Å². The quantitative estimate of drug-likeness (QED) is 0.0534. The second kappa shape index (κ2) is 26.4. The van der Waals surface area contributed by atoms with Crippen molar-refractivity contribution >= 4 is 15.8 Å². The Morgan fingerprint density at radius 2 is 1.03 bits per heavy atom. The molecule has 5 rings (SSSR count). The van der Waals surface area contributed by atoms with Crippen molar-refractivity contribution in [3.8, 4) is 11.5 Å². The van der Waals surface area contributed by atoms with Crippen molar-refractivity contribution in [3.63, 3.8) is 0 Å². The molecule has 67 heavy (non-hydrogen) atoms. The Morgan fingerprint density at radius 1 is 0.597 bits per heavy atom. The van der Waals surface area contributed by atoms with Gasteiger partial charge in [0.2, 0.25) is 0 Å². The molecule has 0 bridgehead atoms. The van der Waals surface area contributed by atoms with Crippen molar-refractivity contribution < 1.29 is 40.5 Å². The zero-order valence-electron chi connectivity index (χ0n) is 41.8. The van der Waals surface area contributed by atoms with E-state index in [4.69, 9.17) is 18.9 Å². The fraction of sp³-hybridized carbons (Fsp3) is 0.446. The van der Waals surface area contributed by atoms with Crippen LogP contribution in [0, 0.1) is 0 Å². The van der Waals surface area contributed by atoms with Gasteiger partial charge in [0.05, 0.1) is 6.61 Å². The van der Waals surface area contributed by atoms with E-state index >= 15 is 0 Å². The number of nitrogens with zero attached hydrogens (tertiary/aromatic N) is 1. The molecular formula is C56H74F3NO6S. The zero-order valence-corrected chi connectivity index (χ0v) is 42.6. The van der Waals surface area contributed by atoms with Gasteiger partial charge in [0, 0.05) is 5.56 Å². The fourth-order valence-corrected chi connectivity index (χ4v) is 8.35. The molecule has 0 aliphatic carbocycles. The minimum absolute atomic E-state index is 0.107. The SMILES string of the molecule is CCC(C)c1ccc(/C(=N/OS(=O)(=O)c2c(C(C)C)cc(C(C)C)cc2C(C)C)C(F)(F)F)cc1.CCC(C)c1ccc(O)cc1.CCC(C)c1ccc(OC(C)OCc2ccccc2)cc1. The molecule has 5 aromatic rings. The van der Waals surface area contributed by atoms with Gasteiger partial charge in [0.1, 0.15) is 16.4 Å². The zero-order chi connectivity index (χ0) is 50.1. The molecule has 0 heterocycles. The number of phenols is 1. The smallest absolute Gasteiger partial charge is 0.437 e. The monoisotopic (exact) mass is 946 g/mol. The molecule has 4 unspecified atom stereocenters. The average Bonchev–Trinajstić information content (AvgIpc) is 3.30. The lowest BCUT2D eigenvalue weighted by molar-refractivity contribution is -0.0759. The van der Waals surface area contributed by atoms with Gasteiger partial charge in [-0.25, -0.2) is 0 Å². The molecule has 0 saturated carbocycles. The molecule has 366 valence electrons. The highest BCUT2D eigenvalue weighted by Crippen LogP contribution is 2.37. The van der Waals surface area contributed by atoms with Crippen LogP contribution in [0.5, 0.6) is 11.5 Å².